The number of carbonyl (C=O) groups is 1. The van der Waals surface area contributed by atoms with Crippen LogP contribution in [-0.2, 0) is 11.3 Å². The van der Waals surface area contributed by atoms with Crippen LogP contribution in [0.4, 0.5) is 0 Å². The van der Waals surface area contributed by atoms with E-state index in [2.05, 4.69) is 26.6 Å². The number of benzene rings is 1. The van der Waals surface area contributed by atoms with Gasteiger partial charge in [-0.15, -0.1) is 0 Å². The number of ether oxygens (including phenoxy) is 1. The summed E-state index contributed by atoms with van der Waals surface area (Å²) >= 11 is 3.39. The molecule has 0 saturated carbocycles. The van der Waals surface area contributed by atoms with Crippen LogP contribution in [-0.4, -0.2) is 26.1 Å². The van der Waals surface area contributed by atoms with Crippen molar-refractivity contribution in [3.05, 3.63) is 28.2 Å². The highest BCUT2D eigenvalue weighted by molar-refractivity contribution is 9.10. The topological polar surface area (TPSA) is 50.4 Å². The van der Waals surface area contributed by atoms with Crippen LogP contribution in [0, 0.1) is 0 Å². The zero-order chi connectivity index (χ0) is 12.7. The van der Waals surface area contributed by atoms with Gasteiger partial charge in [-0.3, -0.25) is 4.79 Å². The maximum absolute atomic E-state index is 11.4. The van der Waals surface area contributed by atoms with E-state index in [0.717, 1.165) is 22.3 Å². The first-order valence-electron chi connectivity index (χ1n) is 5.47. The zero-order valence-electron chi connectivity index (χ0n) is 10.0. The Balaban J connectivity index is 2.56. The van der Waals surface area contributed by atoms with Gasteiger partial charge in [0.1, 0.15) is 5.75 Å². The molecule has 2 N–H and O–H groups in total. The summed E-state index contributed by atoms with van der Waals surface area (Å²) in [4.78, 5) is 11.4. The summed E-state index contributed by atoms with van der Waals surface area (Å²) in [5.74, 6) is 0.755. The molecule has 5 heteroatoms. The van der Waals surface area contributed by atoms with Crippen LogP contribution in [0.25, 0.3) is 0 Å². The van der Waals surface area contributed by atoms with Crippen molar-refractivity contribution in [2.24, 2.45) is 0 Å². The Bertz CT molecular complexity index is 383. The number of likely N-dealkylation sites (N-methyl/N-ethyl adjacent to an activating group) is 1. The van der Waals surface area contributed by atoms with Gasteiger partial charge in [-0.25, -0.2) is 0 Å². The number of hydrogen-bond acceptors (Lipinski definition) is 3. The molecule has 0 heterocycles. The van der Waals surface area contributed by atoms with Gasteiger partial charge in [-0.2, -0.15) is 0 Å². The van der Waals surface area contributed by atoms with Gasteiger partial charge in [0, 0.05) is 16.6 Å². The summed E-state index contributed by atoms with van der Waals surface area (Å²) in [6.07, 6.45) is 0. The Morgan fingerprint density at radius 3 is 2.88 bits per heavy atom. The van der Waals surface area contributed by atoms with Gasteiger partial charge < -0.3 is 15.4 Å². The SMILES string of the molecule is CCNCC(=O)NCc1cc(Br)ccc1OC. The minimum atomic E-state index is -0.0196. The lowest BCUT2D eigenvalue weighted by atomic mass is 10.2. The smallest absolute Gasteiger partial charge is 0.234 e. The van der Waals surface area contributed by atoms with Crippen LogP contribution in [0.1, 0.15) is 12.5 Å². The van der Waals surface area contributed by atoms with E-state index in [1.165, 1.54) is 0 Å². The molecule has 0 aliphatic carbocycles. The van der Waals surface area contributed by atoms with Crippen molar-refractivity contribution in [3.63, 3.8) is 0 Å². The number of nitrogens with one attached hydrogen (secondary N) is 2. The highest BCUT2D eigenvalue weighted by Crippen LogP contribution is 2.22. The summed E-state index contributed by atoms with van der Waals surface area (Å²) < 4.78 is 6.19. The van der Waals surface area contributed by atoms with E-state index in [0.29, 0.717) is 13.1 Å². The Kier molecular flexibility index (Phi) is 6.00. The van der Waals surface area contributed by atoms with Gasteiger partial charge in [-0.1, -0.05) is 22.9 Å². The molecule has 1 amide bonds. The van der Waals surface area contributed by atoms with Crippen molar-refractivity contribution in [3.8, 4) is 5.75 Å². The standard InChI is InChI=1S/C12H17BrN2O2/c1-3-14-8-12(16)15-7-9-6-10(13)4-5-11(9)17-2/h4-6,14H,3,7-8H2,1-2H3,(H,15,16). The summed E-state index contributed by atoms with van der Waals surface area (Å²) in [7, 11) is 1.62. The summed E-state index contributed by atoms with van der Waals surface area (Å²) in [5, 5.41) is 5.81. The van der Waals surface area contributed by atoms with E-state index >= 15 is 0 Å². The molecule has 0 aliphatic rings. The fourth-order valence-corrected chi connectivity index (χ4v) is 1.79. The highest BCUT2D eigenvalue weighted by atomic mass is 79.9. The van der Waals surface area contributed by atoms with E-state index in [1.807, 2.05) is 25.1 Å². The molecule has 0 fully saturated rings. The third kappa shape index (κ3) is 4.75. The summed E-state index contributed by atoms with van der Waals surface area (Å²) in [5.41, 5.74) is 0.951. The Labute approximate surface area is 110 Å². The molecule has 0 unspecified atom stereocenters. The van der Waals surface area contributed by atoms with Crippen molar-refractivity contribution in [1.82, 2.24) is 10.6 Å². The average molecular weight is 301 g/mol. The first kappa shape index (κ1) is 14.0. The van der Waals surface area contributed by atoms with E-state index in [4.69, 9.17) is 4.74 Å². The lowest BCUT2D eigenvalue weighted by molar-refractivity contribution is -0.120. The van der Waals surface area contributed by atoms with Crippen molar-refractivity contribution >= 4 is 21.8 Å². The van der Waals surface area contributed by atoms with Crippen molar-refractivity contribution in [2.45, 2.75) is 13.5 Å². The molecular weight excluding hydrogens is 284 g/mol. The molecule has 0 saturated heterocycles. The predicted octanol–water partition coefficient (Wildman–Crippen LogP) is 1.68. The fourth-order valence-electron chi connectivity index (χ4n) is 1.38. The number of amides is 1. The number of methoxy groups -OCH3 is 1. The van der Waals surface area contributed by atoms with Crippen LogP contribution < -0.4 is 15.4 Å². The molecule has 0 atom stereocenters. The van der Waals surface area contributed by atoms with Gasteiger partial charge in [0.05, 0.1) is 13.7 Å². The van der Waals surface area contributed by atoms with Gasteiger partial charge >= 0.3 is 0 Å². The normalized spacial score (nSPS) is 10.1. The molecular formula is C12H17BrN2O2. The predicted molar refractivity (Wildman–Crippen MR) is 71.1 cm³/mol. The van der Waals surface area contributed by atoms with Crippen molar-refractivity contribution in [1.29, 1.82) is 0 Å². The molecule has 0 bridgehead atoms. The molecule has 1 rings (SSSR count). The molecule has 1 aromatic carbocycles. The second-order valence-electron chi connectivity index (χ2n) is 3.51. The molecule has 17 heavy (non-hydrogen) atoms. The second-order valence-corrected chi connectivity index (χ2v) is 4.43. The van der Waals surface area contributed by atoms with Crippen molar-refractivity contribution in [2.75, 3.05) is 20.2 Å². The van der Waals surface area contributed by atoms with Crippen LogP contribution in [0.2, 0.25) is 0 Å². The Hall–Kier alpha value is -1.07. The third-order valence-corrected chi connectivity index (χ3v) is 2.75. The molecule has 4 nitrogen and oxygen atoms in total. The largest absolute Gasteiger partial charge is 0.496 e. The van der Waals surface area contributed by atoms with E-state index in [1.54, 1.807) is 7.11 Å². The number of carbonyl (C=O) groups excluding carboxylic acids is 1. The first-order valence-corrected chi connectivity index (χ1v) is 6.26. The van der Waals surface area contributed by atoms with E-state index in [9.17, 15) is 4.79 Å². The van der Waals surface area contributed by atoms with Gasteiger partial charge in [0.15, 0.2) is 0 Å². The van der Waals surface area contributed by atoms with Crippen LogP contribution in [0.15, 0.2) is 22.7 Å². The molecule has 0 spiro atoms. The highest BCUT2D eigenvalue weighted by Gasteiger charge is 2.05. The lowest BCUT2D eigenvalue weighted by Crippen LogP contribution is -2.33. The number of hydrogen-bond donors (Lipinski definition) is 2. The monoisotopic (exact) mass is 300 g/mol. The average Bonchev–Trinajstić information content (AvgIpc) is 2.34. The number of halogens is 1. The van der Waals surface area contributed by atoms with Crippen LogP contribution in [0.5, 0.6) is 5.75 Å². The molecule has 1 aromatic rings. The van der Waals surface area contributed by atoms with Gasteiger partial charge in [-0.05, 0) is 24.7 Å². The van der Waals surface area contributed by atoms with Crippen LogP contribution >= 0.6 is 15.9 Å². The maximum atomic E-state index is 11.4. The Morgan fingerprint density at radius 1 is 1.47 bits per heavy atom. The van der Waals surface area contributed by atoms with Gasteiger partial charge in [0.25, 0.3) is 0 Å². The molecule has 0 aliphatic heterocycles. The maximum Gasteiger partial charge on any atom is 0.234 e. The van der Waals surface area contributed by atoms with Gasteiger partial charge in [0.2, 0.25) is 5.91 Å². The molecule has 0 aromatic heterocycles. The second kappa shape index (κ2) is 7.29. The van der Waals surface area contributed by atoms with Crippen molar-refractivity contribution < 1.29 is 9.53 Å². The molecule has 94 valence electrons. The minimum absolute atomic E-state index is 0.0196. The minimum Gasteiger partial charge on any atom is -0.496 e. The zero-order valence-corrected chi connectivity index (χ0v) is 11.6. The summed E-state index contributed by atoms with van der Waals surface area (Å²) in [6.45, 7) is 3.55. The quantitative estimate of drug-likeness (QED) is 0.840. The number of rotatable bonds is 6. The van der Waals surface area contributed by atoms with Crippen LogP contribution in [0.3, 0.4) is 0 Å². The third-order valence-electron chi connectivity index (χ3n) is 2.25. The first-order chi connectivity index (χ1) is 8.17. The molecule has 0 radical (unpaired) electrons. The fraction of sp³-hybridized carbons (Fsp3) is 0.417. The summed E-state index contributed by atoms with van der Waals surface area (Å²) in [6, 6.07) is 5.71. The van der Waals surface area contributed by atoms with E-state index in [-0.39, 0.29) is 5.91 Å². The Morgan fingerprint density at radius 2 is 2.24 bits per heavy atom. The van der Waals surface area contributed by atoms with E-state index < -0.39 is 0 Å². The lowest BCUT2D eigenvalue weighted by Gasteiger charge is -2.10.